The Labute approximate surface area is 127 Å². The summed E-state index contributed by atoms with van der Waals surface area (Å²) in [5, 5.41) is 4.57. The number of nitrogens with zero attached hydrogens (tertiary/aromatic N) is 3. The van der Waals surface area contributed by atoms with E-state index in [4.69, 9.17) is 16.1 Å². The molecule has 1 aliphatic heterocycles. The molecule has 1 amide bonds. The van der Waals surface area contributed by atoms with Crippen LogP contribution in [0.15, 0.2) is 28.8 Å². The fraction of sp³-hybridized carbons (Fsp3) is 0.400. The monoisotopic (exact) mass is 305 g/mol. The summed E-state index contributed by atoms with van der Waals surface area (Å²) in [7, 11) is 0. The van der Waals surface area contributed by atoms with E-state index in [2.05, 4.69) is 10.1 Å². The van der Waals surface area contributed by atoms with Crippen molar-refractivity contribution in [2.45, 2.75) is 32.2 Å². The van der Waals surface area contributed by atoms with Crippen LogP contribution in [0.3, 0.4) is 0 Å². The van der Waals surface area contributed by atoms with Gasteiger partial charge in [0.05, 0.1) is 5.92 Å². The van der Waals surface area contributed by atoms with E-state index in [9.17, 15) is 4.79 Å². The first-order chi connectivity index (χ1) is 10.2. The van der Waals surface area contributed by atoms with Gasteiger partial charge < -0.3 is 9.42 Å². The van der Waals surface area contributed by atoms with Gasteiger partial charge in [0.1, 0.15) is 0 Å². The largest absolute Gasteiger partial charge is 0.339 e. The van der Waals surface area contributed by atoms with Crippen molar-refractivity contribution in [1.29, 1.82) is 0 Å². The number of aryl methyl sites for hydroxylation is 1. The van der Waals surface area contributed by atoms with Crippen LogP contribution >= 0.6 is 11.6 Å². The first-order valence-corrected chi connectivity index (χ1v) is 7.38. The number of aromatic nitrogens is 2. The van der Waals surface area contributed by atoms with Crippen LogP contribution in [0.5, 0.6) is 0 Å². The molecule has 5 nitrogen and oxygen atoms in total. The summed E-state index contributed by atoms with van der Waals surface area (Å²) in [6, 6.07) is 7.56. The van der Waals surface area contributed by atoms with Gasteiger partial charge in [0.15, 0.2) is 5.82 Å². The second-order valence-electron chi connectivity index (χ2n) is 5.21. The van der Waals surface area contributed by atoms with Crippen LogP contribution in [0.1, 0.15) is 36.5 Å². The zero-order valence-corrected chi connectivity index (χ0v) is 12.5. The first-order valence-electron chi connectivity index (χ1n) is 7.00. The SMILES string of the molecule is CCc1noc(C2CC(=O)N(Cc3cccc(Cl)c3)C2)n1. The standard InChI is InChI=1S/C15H16ClN3O2/c1-2-13-17-15(21-18-13)11-7-14(20)19(9-11)8-10-4-3-5-12(16)6-10/h3-6,11H,2,7-9H2,1H3. The lowest BCUT2D eigenvalue weighted by Gasteiger charge is -2.16. The van der Waals surface area contributed by atoms with Crippen molar-refractivity contribution in [2.75, 3.05) is 6.54 Å². The lowest BCUT2D eigenvalue weighted by Crippen LogP contribution is -2.24. The minimum absolute atomic E-state index is 0.00974. The van der Waals surface area contributed by atoms with Gasteiger partial charge in [-0.3, -0.25) is 4.79 Å². The van der Waals surface area contributed by atoms with Crippen LogP contribution < -0.4 is 0 Å². The number of rotatable bonds is 4. The van der Waals surface area contributed by atoms with Crippen molar-refractivity contribution in [1.82, 2.24) is 15.0 Å². The molecular weight excluding hydrogens is 290 g/mol. The smallest absolute Gasteiger partial charge is 0.232 e. The van der Waals surface area contributed by atoms with Crippen molar-refractivity contribution in [2.24, 2.45) is 0 Å². The molecule has 0 aliphatic carbocycles. The van der Waals surface area contributed by atoms with E-state index in [1.165, 1.54) is 0 Å². The number of benzene rings is 1. The third-order valence-corrected chi connectivity index (χ3v) is 3.86. The molecule has 1 unspecified atom stereocenters. The Morgan fingerprint density at radius 2 is 2.33 bits per heavy atom. The van der Waals surface area contributed by atoms with Crippen molar-refractivity contribution in [3.63, 3.8) is 0 Å². The average Bonchev–Trinajstić information content (AvgIpc) is 3.06. The zero-order valence-electron chi connectivity index (χ0n) is 11.8. The maximum absolute atomic E-state index is 12.1. The van der Waals surface area contributed by atoms with Gasteiger partial charge >= 0.3 is 0 Å². The van der Waals surface area contributed by atoms with Crippen LogP contribution in [0.25, 0.3) is 0 Å². The predicted octanol–water partition coefficient (Wildman–Crippen LogP) is 2.80. The van der Waals surface area contributed by atoms with Gasteiger partial charge in [-0.25, -0.2) is 0 Å². The third kappa shape index (κ3) is 3.08. The van der Waals surface area contributed by atoms with Crippen LogP contribution in [-0.2, 0) is 17.8 Å². The van der Waals surface area contributed by atoms with Gasteiger partial charge in [-0.15, -0.1) is 0 Å². The Morgan fingerprint density at radius 3 is 3.05 bits per heavy atom. The van der Waals surface area contributed by atoms with Gasteiger partial charge in [0.2, 0.25) is 11.8 Å². The molecule has 0 bridgehead atoms. The average molecular weight is 306 g/mol. The highest BCUT2D eigenvalue weighted by Gasteiger charge is 2.34. The molecule has 0 saturated carbocycles. The summed E-state index contributed by atoms with van der Waals surface area (Å²) in [4.78, 5) is 18.3. The number of hydrogen-bond acceptors (Lipinski definition) is 4. The zero-order chi connectivity index (χ0) is 14.8. The van der Waals surface area contributed by atoms with Gasteiger partial charge in [-0.1, -0.05) is 35.8 Å². The maximum atomic E-state index is 12.1. The molecule has 1 saturated heterocycles. The molecule has 6 heteroatoms. The van der Waals surface area contributed by atoms with Gasteiger partial charge in [0.25, 0.3) is 0 Å². The number of carbonyl (C=O) groups excluding carboxylic acids is 1. The van der Waals surface area contributed by atoms with Gasteiger partial charge in [-0.05, 0) is 17.7 Å². The van der Waals surface area contributed by atoms with Crippen molar-refractivity contribution in [3.05, 3.63) is 46.6 Å². The molecule has 0 N–H and O–H groups in total. The first kappa shape index (κ1) is 14.1. The molecule has 1 atom stereocenters. The molecule has 1 aromatic carbocycles. The van der Waals surface area contributed by atoms with E-state index in [-0.39, 0.29) is 11.8 Å². The third-order valence-electron chi connectivity index (χ3n) is 3.63. The minimum Gasteiger partial charge on any atom is -0.339 e. The number of carbonyl (C=O) groups is 1. The van der Waals surface area contributed by atoms with Crippen molar-refractivity contribution >= 4 is 17.5 Å². The summed E-state index contributed by atoms with van der Waals surface area (Å²) >= 11 is 5.97. The maximum Gasteiger partial charge on any atom is 0.232 e. The number of hydrogen-bond donors (Lipinski definition) is 0. The molecule has 3 rings (SSSR count). The highest BCUT2D eigenvalue weighted by molar-refractivity contribution is 6.30. The van der Waals surface area contributed by atoms with E-state index in [1.807, 2.05) is 36.1 Å². The minimum atomic E-state index is -0.00974. The highest BCUT2D eigenvalue weighted by atomic mass is 35.5. The molecule has 2 aromatic rings. The van der Waals surface area contributed by atoms with Crippen LogP contribution in [0, 0.1) is 0 Å². The Morgan fingerprint density at radius 1 is 1.48 bits per heavy atom. The number of amides is 1. The van der Waals surface area contributed by atoms with E-state index >= 15 is 0 Å². The fourth-order valence-electron chi connectivity index (χ4n) is 2.52. The van der Waals surface area contributed by atoms with E-state index in [0.717, 1.165) is 12.0 Å². The molecule has 0 spiro atoms. The summed E-state index contributed by atoms with van der Waals surface area (Å²) in [5.74, 6) is 1.35. The Bertz CT molecular complexity index is 656. The van der Waals surface area contributed by atoms with Gasteiger partial charge in [-0.2, -0.15) is 4.98 Å². The van der Waals surface area contributed by atoms with E-state index in [0.29, 0.717) is 36.2 Å². The molecular formula is C15H16ClN3O2. The predicted molar refractivity (Wildman–Crippen MR) is 77.9 cm³/mol. The summed E-state index contributed by atoms with van der Waals surface area (Å²) in [5.41, 5.74) is 1.02. The molecule has 110 valence electrons. The Kier molecular flexibility index (Phi) is 3.92. The quantitative estimate of drug-likeness (QED) is 0.871. The number of halogens is 1. The summed E-state index contributed by atoms with van der Waals surface area (Å²) in [6.07, 6.45) is 1.16. The summed E-state index contributed by atoms with van der Waals surface area (Å²) < 4.78 is 5.24. The molecule has 1 fully saturated rings. The van der Waals surface area contributed by atoms with E-state index < -0.39 is 0 Å². The normalized spacial score (nSPS) is 18.5. The molecule has 1 aliphatic rings. The lowest BCUT2D eigenvalue weighted by atomic mass is 10.1. The number of likely N-dealkylation sites (tertiary alicyclic amines) is 1. The van der Waals surface area contributed by atoms with Crippen molar-refractivity contribution < 1.29 is 9.32 Å². The molecule has 2 heterocycles. The fourth-order valence-corrected chi connectivity index (χ4v) is 2.74. The lowest BCUT2D eigenvalue weighted by molar-refractivity contribution is -0.128. The van der Waals surface area contributed by atoms with Crippen molar-refractivity contribution in [3.8, 4) is 0 Å². The highest BCUT2D eigenvalue weighted by Crippen LogP contribution is 2.28. The second-order valence-corrected chi connectivity index (χ2v) is 5.64. The Balaban J connectivity index is 1.70. The summed E-state index contributed by atoms with van der Waals surface area (Å²) in [6.45, 7) is 3.14. The van der Waals surface area contributed by atoms with Crippen LogP contribution in [-0.4, -0.2) is 27.5 Å². The Hall–Kier alpha value is -1.88. The second kappa shape index (κ2) is 5.85. The molecule has 1 aromatic heterocycles. The van der Waals surface area contributed by atoms with Crippen LogP contribution in [0.2, 0.25) is 5.02 Å². The van der Waals surface area contributed by atoms with Gasteiger partial charge in [0, 0.05) is 31.0 Å². The topological polar surface area (TPSA) is 59.2 Å². The molecule has 0 radical (unpaired) electrons. The molecule has 21 heavy (non-hydrogen) atoms. The van der Waals surface area contributed by atoms with Crippen LogP contribution in [0.4, 0.5) is 0 Å². The van der Waals surface area contributed by atoms with E-state index in [1.54, 1.807) is 0 Å².